The van der Waals surface area contributed by atoms with Crippen molar-refractivity contribution < 1.29 is 17.7 Å². The van der Waals surface area contributed by atoms with E-state index < -0.39 is 10.1 Å². The molecule has 5 rings (SSSR count). The molecule has 0 saturated heterocycles. The zero-order valence-electron chi connectivity index (χ0n) is 19.0. The van der Waals surface area contributed by atoms with Crippen LogP contribution < -0.4 is 15.4 Å². The Labute approximate surface area is 204 Å². The Morgan fingerprint density at radius 3 is 1.89 bits per heavy atom. The number of hydrogen-bond donors (Lipinski definition) is 1. The quantitative estimate of drug-likeness (QED) is 0.306. The third kappa shape index (κ3) is 6.41. The van der Waals surface area contributed by atoms with Crippen LogP contribution in [0.1, 0.15) is 5.56 Å². The summed E-state index contributed by atoms with van der Waals surface area (Å²) in [6.07, 6.45) is 1.95. The molecule has 0 atom stereocenters. The summed E-state index contributed by atoms with van der Waals surface area (Å²) in [7, 11) is -4.02. The summed E-state index contributed by atoms with van der Waals surface area (Å²) in [4.78, 5) is 4.63. The number of aryl methyl sites for hydroxylation is 1. The SMILES string of the molecule is Cc1ccc(S(=O)(=O)O)cc1.c1ccc(N=c2[n-][n+](-c3ccccc3)cn2-c2ccccc2)cc1. The number of para-hydroxylation sites is 3. The summed E-state index contributed by atoms with van der Waals surface area (Å²) in [5, 5.41) is 4.67. The monoisotopic (exact) mass is 484 g/mol. The highest BCUT2D eigenvalue weighted by Gasteiger charge is 2.10. The molecule has 1 N–H and O–H groups in total. The fourth-order valence-electron chi connectivity index (χ4n) is 3.21. The molecule has 0 spiro atoms. The van der Waals surface area contributed by atoms with Crippen LogP contribution in [-0.4, -0.2) is 17.5 Å². The Morgan fingerprint density at radius 1 is 0.771 bits per heavy atom. The number of hydrogen-bond acceptors (Lipinski definition) is 3. The zero-order chi connectivity index (χ0) is 24.7. The second kappa shape index (κ2) is 10.8. The molecule has 0 aliphatic carbocycles. The van der Waals surface area contributed by atoms with E-state index in [0.717, 1.165) is 22.6 Å². The second-order valence-corrected chi connectivity index (χ2v) is 9.06. The van der Waals surface area contributed by atoms with Crippen LogP contribution in [0.15, 0.2) is 131 Å². The van der Waals surface area contributed by atoms with Crippen molar-refractivity contribution in [3.63, 3.8) is 0 Å². The van der Waals surface area contributed by atoms with E-state index in [0.29, 0.717) is 5.62 Å². The lowest BCUT2D eigenvalue weighted by atomic mass is 10.2. The lowest BCUT2D eigenvalue weighted by molar-refractivity contribution is -0.663. The molecule has 0 aliphatic heterocycles. The minimum Gasteiger partial charge on any atom is -0.323 e. The van der Waals surface area contributed by atoms with Crippen molar-refractivity contribution in [3.8, 4) is 11.4 Å². The molecule has 1 heterocycles. The lowest BCUT2D eigenvalue weighted by Gasteiger charge is -1.97. The maximum atomic E-state index is 10.5. The van der Waals surface area contributed by atoms with E-state index in [1.54, 1.807) is 12.1 Å². The summed E-state index contributed by atoms with van der Waals surface area (Å²) < 4.78 is 33.4. The van der Waals surface area contributed by atoms with Gasteiger partial charge < -0.3 is 4.99 Å². The zero-order valence-corrected chi connectivity index (χ0v) is 19.8. The first kappa shape index (κ1) is 23.9. The fourth-order valence-corrected chi connectivity index (χ4v) is 3.69. The fraction of sp³-hybridized carbons (Fsp3) is 0.0370. The number of nitrogens with zero attached hydrogens (tertiary/aromatic N) is 4. The number of benzene rings is 4. The summed E-state index contributed by atoms with van der Waals surface area (Å²) in [6.45, 7) is 1.84. The molecule has 0 fully saturated rings. The van der Waals surface area contributed by atoms with Gasteiger partial charge in [-0.05, 0) is 49.0 Å². The maximum Gasteiger partial charge on any atom is 0.294 e. The Hall–Kier alpha value is -4.27. The summed E-state index contributed by atoms with van der Waals surface area (Å²) in [5.74, 6) is 0. The smallest absolute Gasteiger partial charge is 0.294 e. The number of aromatic nitrogens is 3. The molecule has 0 saturated carbocycles. The van der Waals surface area contributed by atoms with Gasteiger partial charge in [0, 0.05) is 0 Å². The van der Waals surface area contributed by atoms with Gasteiger partial charge in [0.25, 0.3) is 16.4 Å². The van der Waals surface area contributed by atoms with E-state index in [1.807, 2.05) is 113 Å². The Bertz CT molecular complexity index is 1540. The van der Waals surface area contributed by atoms with E-state index in [-0.39, 0.29) is 4.90 Å². The third-order valence-electron chi connectivity index (χ3n) is 5.00. The van der Waals surface area contributed by atoms with Crippen LogP contribution in [0, 0.1) is 6.92 Å². The van der Waals surface area contributed by atoms with E-state index in [9.17, 15) is 8.42 Å². The van der Waals surface area contributed by atoms with Gasteiger partial charge in [0.1, 0.15) is 11.4 Å². The van der Waals surface area contributed by atoms with Gasteiger partial charge in [-0.1, -0.05) is 84.4 Å². The predicted molar refractivity (Wildman–Crippen MR) is 133 cm³/mol. The average molecular weight is 485 g/mol. The average Bonchev–Trinajstić information content (AvgIpc) is 3.30. The van der Waals surface area contributed by atoms with Crippen LogP contribution in [0.2, 0.25) is 0 Å². The van der Waals surface area contributed by atoms with Gasteiger partial charge in [-0.15, -0.1) is 0 Å². The highest BCUT2D eigenvalue weighted by atomic mass is 32.2. The summed E-state index contributed by atoms with van der Waals surface area (Å²) in [5.41, 5.74) is 4.49. The molecule has 0 unspecified atom stereocenters. The minimum atomic E-state index is -4.02. The van der Waals surface area contributed by atoms with Crippen molar-refractivity contribution in [2.75, 3.05) is 0 Å². The molecule has 5 aromatic rings. The van der Waals surface area contributed by atoms with E-state index in [2.05, 4.69) is 5.10 Å². The molecule has 35 heavy (non-hydrogen) atoms. The number of rotatable bonds is 4. The van der Waals surface area contributed by atoms with Crippen molar-refractivity contribution in [3.05, 3.63) is 133 Å². The highest BCUT2D eigenvalue weighted by molar-refractivity contribution is 7.85. The molecular weight excluding hydrogens is 460 g/mol. The first-order chi connectivity index (χ1) is 16.9. The van der Waals surface area contributed by atoms with Gasteiger partial charge in [-0.2, -0.15) is 22.8 Å². The maximum absolute atomic E-state index is 10.5. The molecule has 1 aromatic heterocycles. The van der Waals surface area contributed by atoms with E-state index >= 15 is 0 Å². The molecule has 176 valence electrons. The van der Waals surface area contributed by atoms with Crippen molar-refractivity contribution in [1.82, 2.24) is 9.67 Å². The topological polar surface area (TPSA) is 89.6 Å². The van der Waals surface area contributed by atoms with Crippen LogP contribution in [0.3, 0.4) is 0 Å². The van der Waals surface area contributed by atoms with Crippen molar-refractivity contribution in [2.24, 2.45) is 4.99 Å². The summed E-state index contributed by atoms with van der Waals surface area (Å²) >= 11 is 0. The third-order valence-corrected chi connectivity index (χ3v) is 5.86. The Kier molecular flexibility index (Phi) is 7.35. The van der Waals surface area contributed by atoms with E-state index in [4.69, 9.17) is 9.55 Å². The van der Waals surface area contributed by atoms with Crippen LogP contribution in [-0.2, 0) is 10.1 Å². The highest BCUT2D eigenvalue weighted by Crippen LogP contribution is 2.10. The predicted octanol–water partition coefficient (Wildman–Crippen LogP) is 4.19. The van der Waals surface area contributed by atoms with Gasteiger partial charge in [0.2, 0.25) is 5.62 Å². The Morgan fingerprint density at radius 2 is 1.31 bits per heavy atom. The van der Waals surface area contributed by atoms with Gasteiger partial charge >= 0.3 is 0 Å². The molecule has 7 nitrogen and oxygen atoms in total. The molecule has 0 radical (unpaired) electrons. The molecule has 4 aromatic carbocycles. The van der Waals surface area contributed by atoms with Gasteiger partial charge in [-0.3, -0.25) is 4.55 Å². The van der Waals surface area contributed by atoms with E-state index in [1.165, 1.54) is 12.1 Å². The molecule has 0 amide bonds. The van der Waals surface area contributed by atoms with Crippen LogP contribution in [0.5, 0.6) is 0 Å². The lowest BCUT2D eigenvalue weighted by Crippen LogP contribution is -2.36. The minimum absolute atomic E-state index is 0.0666. The van der Waals surface area contributed by atoms with Crippen LogP contribution >= 0.6 is 0 Å². The molecule has 8 heteroatoms. The largest absolute Gasteiger partial charge is 0.323 e. The standard InChI is InChI=1S/C20H16N4.C7H8O3S/c1-4-10-17(11-5-1)21-20-22-24(19-14-8-3-9-15-19)16-23(20)18-12-6-2-7-13-18;1-6-2-4-7(5-3-6)11(8,9)10/h1-16H;2-5H,1H3,(H,8,9,10). The van der Waals surface area contributed by atoms with Crippen LogP contribution in [0.25, 0.3) is 11.4 Å². The molecule has 0 bridgehead atoms. The van der Waals surface area contributed by atoms with Gasteiger partial charge in [0.05, 0.1) is 4.90 Å². The molecular formula is C27H24N4O3S. The first-order valence-electron chi connectivity index (χ1n) is 10.8. The van der Waals surface area contributed by atoms with Crippen LogP contribution in [0.4, 0.5) is 5.69 Å². The normalized spacial score (nSPS) is 11.5. The second-order valence-electron chi connectivity index (χ2n) is 7.64. The van der Waals surface area contributed by atoms with Crippen molar-refractivity contribution in [1.29, 1.82) is 0 Å². The van der Waals surface area contributed by atoms with Gasteiger partial charge in [-0.25, -0.2) is 0 Å². The van der Waals surface area contributed by atoms with Gasteiger partial charge in [0.15, 0.2) is 0 Å². The van der Waals surface area contributed by atoms with Crippen molar-refractivity contribution >= 4 is 15.8 Å². The Balaban J connectivity index is 0.000000221. The summed E-state index contributed by atoms with van der Waals surface area (Å²) in [6, 6.07) is 36.0. The first-order valence-corrected chi connectivity index (χ1v) is 12.3. The molecule has 0 aliphatic rings. The van der Waals surface area contributed by atoms with Crippen molar-refractivity contribution in [2.45, 2.75) is 11.8 Å².